The van der Waals surface area contributed by atoms with Crippen LogP contribution in [0.2, 0.25) is 0 Å². The van der Waals surface area contributed by atoms with Crippen molar-refractivity contribution in [3.63, 3.8) is 0 Å². The van der Waals surface area contributed by atoms with Crippen molar-refractivity contribution in [2.75, 3.05) is 0 Å². The van der Waals surface area contributed by atoms with Gasteiger partial charge in [-0.15, -0.1) is 11.3 Å². The summed E-state index contributed by atoms with van der Waals surface area (Å²) in [5, 5.41) is 10.9. The fourth-order valence-corrected chi connectivity index (χ4v) is 3.65. The van der Waals surface area contributed by atoms with E-state index in [4.69, 9.17) is 0 Å². The molecular weight excluding hydrogens is 302 g/mol. The molecule has 0 saturated carbocycles. The largest absolute Gasteiger partial charge is 0.296 e. The van der Waals surface area contributed by atoms with Crippen LogP contribution in [0.3, 0.4) is 0 Å². The number of carbonyl (C=O) groups is 1. The molecule has 3 rings (SSSR count). The molecule has 2 heterocycles. The number of hydrogen-bond acceptors (Lipinski definition) is 5. The van der Waals surface area contributed by atoms with Crippen LogP contribution in [-0.4, -0.2) is 20.6 Å². The molecule has 0 atom stereocenters. The van der Waals surface area contributed by atoms with Crippen LogP contribution >= 0.6 is 11.3 Å². The molecule has 22 heavy (non-hydrogen) atoms. The SMILES string of the molecule is CCc1c(C)sc2nc(-c3cccc([N+](=O)[O-])c3)c(C=O)n12. The number of rotatable bonds is 4. The lowest BCUT2D eigenvalue weighted by molar-refractivity contribution is -0.384. The number of nitro benzene ring substituents is 1. The summed E-state index contributed by atoms with van der Waals surface area (Å²) in [6.45, 7) is 4.02. The smallest absolute Gasteiger partial charge is 0.270 e. The van der Waals surface area contributed by atoms with Gasteiger partial charge in [0.1, 0.15) is 11.4 Å². The Morgan fingerprint density at radius 3 is 2.86 bits per heavy atom. The van der Waals surface area contributed by atoms with Crippen LogP contribution in [0.25, 0.3) is 16.2 Å². The van der Waals surface area contributed by atoms with Gasteiger partial charge in [0.25, 0.3) is 5.69 Å². The van der Waals surface area contributed by atoms with Gasteiger partial charge in [-0.05, 0) is 13.3 Å². The maximum Gasteiger partial charge on any atom is 0.270 e. The molecule has 0 saturated heterocycles. The molecule has 0 fully saturated rings. The molecule has 2 aromatic heterocycles. The predicted octanol–water partition coefficient (Wildman–Crippen LogP) is 3.65. The third-order valence-electron chi connectivity index (χ3n) is 3.58. The van der Waals surface area contributed by atoms with Gasteiger partial charge in [-0.1, -0.05) is 19.1 Å². The lowest BCUT2D eigenvalue weighted by atomic mass is 10.1. The van der Waals surface area contributed by atoms with Crippen LogP contribution in [0.15, 0.2) is 24.3 Å². The van der Waals surface area contributed by atoms with Crippen LogP contribution in [0.1, 0.15) is 28.0 Å². The highest BCUT2D eigenvalue weighted by Gasteiger charge is 2.20. The van der Waals surface area contributed by atoms with Gasteiger partial charge in [0.2, 0.25) is 0 Å². The monoisotopic (exact) mass is 315 g/mol. The van der Waals surface area contributed by atoms with Gasteiger partial charge in [0, 0.05) is 28.3 Å². The molecule has 6 nitrogen and oxygen atoms in total. The quantitative estimate of drug-likeness (QED) is 0.418. The molecule has 0 radical (unpaired) electrons. The highest BCUT2D eigenvalue weighted by molar-refractivity contribution is 7.17. The van der Waals surface area contributed by atoms with Crippen molar-refractivity contribution < 1.29 is 9.72 Å². The Hall–Kier alpha value is -2.54. The molecule has 0 unspecified atom stereocenters. The van der Waals surface area contributed by atoms with Gasteiger partial charge < -0.3 is 0 Å². The second-order valence-corrected chi connectivity index (χ2v) is 6.03. The fraction of sp³-hybridized carbons (Fsp3) is 0.200. The Kier molecular flexibility index (Phi) is 3.50. The number of nitrogens with zero attached hydrogens (tertiary/aromatic N) is 3. The van der Waals surface area contributed by atoms with E-state index in [0.717, 1.165) is 28.2 Å². The highest BCUT2D eigenvalue weighted by Crippen LogP contribution is 2.31. The zero-order valence-corrected chi connectivity index (χ0v) is 12.9. The van der Waals surface area contributed by atoms with E-state index < -0.39 is 4.92 Å². The number of carbonyl (C=O) groups excluding carboxylic acids is 1. The molecule has 0 spiro atoms. The second kappa shape index (κ2) is 5.34. The molecule has 0 N–H and O–H groups in total. The minimum atomic E-state index is -0.454. The number of nitro groups is 1. The first kappa shape index (κ1) is 14.4. The van der Waals surface area contributed by atoms with Gasteiger partial charge in [-0.25, -0.2) is 4.98 Å². The van der Waals surface area contributed by atoms with E-state index in [1.165, 1.54) is 23.5 Å². The van der Waals surface area contributed by atoms with Crippen LogP contribution in [0.5, 0.6) is 0 Å². The first-order chi connectivity index (χ1) is 10.6. The lowest BCUT2D eigenvalue weighted by Gasteiger charge is -2.01. The average Bonchev–Trinajstić information content (AvgIpc) is 3.01. The molecule has 0 aliphatic heterocycles. The molecule has 0 amide bonds. The Morgan fingerprint density at radius 2 is 2.23 bits per heavy atom. The summed E-state index contributed by atoms with van der Waals surface area (Å²) in [5.74, 6) is 0. The summed E-state index contributed by atoms with van der Waals surface area (Å²) in [6, 6.07) is 6.19. The third-order valence-corrected chi connectivity index (χ3v) is 4.58. The summed E-state index contributed by atoms with van der Waals surface area (Å²) in [4.78, 5) is 28.4. The molecule has 0 bridgehead atoms. The van der Waals surface area contributed by atoms with E-state index in [1.807, 2.05) is 18.2 Å². The molecule has 1 aromatic carbocycles. The van der Waals surface area contributed by atoms with Crippen LogP contribution in [0, 0.1) is 17.0 Å². The first-order valence-corrected chi connectivity index (χ1v) is 7.59. The Labute approximate surface area is 130 Å². The molecule has 0 aliphatic rings. The zero-order valence-electron chi connectivity index (χ0n) is 12.1. The van der Waals surface area contributed by atoms with E-state index in [-0.39, 0.29) is 5.69 Å². The van der Waals surface area contributed by atoms with Gasteiger partial charge in [0.05, 0.1) is 4.92 Å². The maximum absolute atomic E-state index is 11.6. The normalized spacial score (nSPS) is 11.0. The number of aryl methyl sites for hydroxylation is 2. The van der Waals surface area contributed by atoms with Crippen molar-refractivity contribution in [3.05, 3.63) is 50.6 Å². The summed E-state index contributed by atoms with van der Waals surface area (Å²) >= 11 is 1.52. The maximum atomic E-state index is 11.6. The summed E-state index contributed by atoms with van der Waals surface area (Å²) in [6.07, 6.45) is 1.55. The number of hydrogen-bond donors (Lipinski definition) is 0. The van der Waals surface area contributed by atoms with Crippen LogP contribution in [0.4, 0.5) is 5.69 Å². The number of thiazole rings is 1. The van der Waals surface area contributed by atoms with Gasteiger partial charge >= 0.3 is 0 Å². The Balaban J connectivity index is 2.27. The van der Waals surface area contributed by atoms with E-state index >= 15 is 0 Å². The van der Waals surface area contributed by atoms with Gasteiger partial charge in [0.15, 0.2) is 11.2 Å². The number of imidazole rings is 1. The minimum Gasteiger partial charge on any atom is -0.296 e. The first-order valence-electron chi connectivity index (χ1n) is 6.77. The summed E-state index contributed by atoms with van der Waals surface area (Å²) in [7, 11) is 0. The number of fused-ring (bicyclic) bond motifs is 1. The lowest BCUT2D eigenvalue weighted by Crippen LogP contribution is -1.97. The topological polar surface area (TPSA) is 77.5 Å². The van der Waals surface area contributed by atoms with E-state index in [1.54, 1.807) is 12.1 Å². The Morgan fingerprint density at radius 1 is 1.45 bits per heavy atom. The number of benzene rings is 1. The number of aldehydes is 1. The third kappa shape index (κ3) is 2.10. The highest BCUT2D eigenvalue weighted by atomic mass is 32.1. The second-order valence-electron chi connectivity index (χ2n) is 4.85. The van der Waals surface area contributed by atoms with Crippen molar-refractivity contribution in [1.82, 2.24) is 9.38 Å². The summed E-state index contributed by atoms with van der Waals surface area (Å²) < 4.78 is 1.85. The molecule has 3 aromatic rings. The van der Waals surface area contributed by atoms with Crippen molar-refractivity contribution in [1.29, 1.82) is 0 Å². The number of non-ortho nitro benzene ring substituents is 1. The predicted molar refractivity (Wildman–Crippen MR) is 84.7 cm³/mol. The standard InChI is InChI=1S/C15H13N3O3S/c1-3-12-9(2)22-15-16-14(13(8-19)17(12)15)10-5-4-6-11(7-10)18(20)21/h4-8H,3H2,1-2H3. The Bertz CT molecular complexity index is 895. The molecular formula is C15H13N3O3S. The zero-order chi connectivity index (χ0) is 15.9. The van der Waals surface area contributed by atoms with Crippen molar-refractivity contribution in [3.8, 4) is 11.3 Å². The van der Waals surface area contributed by atoms with Crippen LogP contribution < -0.4 is 0 Å². The molecule has 7 heteroatoms. The number of aromatic nitrogens is 2. The van der Waals surface area contributed by atoms with Crippen LogP contribution in [-0.2, 0) is 6.42 Å². The average molecular weight is 315 g/mol. The van der Waals surface area contributed by atoms with Gasteiger partial charge in [-0.2, -0.15) is 0 Å². The van der Waals surface area contributed by atoms with Gasteiger partial charge in [-0.3, -0.25) is 19.3 Å². The van der Waals surface area contributed by atoms with E-state index in [9.17, 15) is 14.9 Å². The van der Waals surface area contributed by atoms with E-state index in [0.29, 0.717) is 17.0 Å². The minimum absolute atomic E-state index is 0.0161. The fourth-order valence-electron chi connectivity index (χ4n) is 2.59. The van der Waals surface area contributed by atoms with E-state index in [2.05, 4.69) is 4.98 Å². The van der Waals surface area contributed by atoms with Crippen molar-refractivity contribution in [2.24, 2.45) is 0 Å². The van der Waals surface area contributed by atoms with Crippen molar-refractivity contribution >= 4 is 28.3 Å². The molecule has 0 aliphatic carbocycles. The summed E-state index contributed by atoms with van der Waals surface area (Å²) in [5.41, 5.74) is 2.53. The van der Waals surface area contributed by atoms with Crippen molar-refractivity contribution in [2.45, 2.75) is 20.3 Å². The molecule has 112 valence electrons.